The fourth-order valence-electron chi connectivity index (χ4n) is 1.87. The van der Waals surface area contributed by atoms with Crippen molar-refractivity contribution in [1.82, 2.24) is 0 Å². The molecule has 1 aliphatic heterocycles. The van der Waals surface area contributed by atoms with Gasteiger partial charge in [0.25, 0.3) is 0 Å². The third kappa shape index (κ3) is 2.01. The van der Waals surface area contributed by atoms with E-state index in [-0.39, 0.29) is 6.10 Å². The Kier molecular flexibility index (Phi) is 2.53. The summed E-state index contributed by atoms with van der Waals surface area (Å²) in [5.41, 5.74) is 0.615. The van der Waals surface area contributed by atoms with Gasteiger partial charge in [-0.15, -0.1) is 0 Å². The monoisotopic (exact) mass is 228 g/mol. The van der Waals surface area contributed by atoms with E-state index >= 15 is 0 Å². The number of ether oxygens (including phenoxy) is 2. The maximum absolute atomic E-state index is 11.2. The van der Waals surface area contributed by atoms with E-state index in [1.54, 1.807) is 0 Å². The quantitative estimate of drug-likeness (QED) is 0.596. The number of fused-ring (bicyclic) bond motifs is 1. The number of carbonyl (C=O) groups excluding carboxylic acids is 1. The van der Waals surface area contributed by atoms with Gasteiger partial charge in [0.15, 0.2) is 6.29 Å². The van der Waals surface area contributed by atoms with Gasteiger partial charge in [0.2, 0.25) is 0 Å². The van der Waals surface area contributed by atoms with Gasteiger partial charge in [-0.1, -0.05) is 30.3 Å². The minimum atomic E-state index is 0.195. The molecule has 86 valence electrons. The predicted molar refractivity (Wildman–Crippen MR) is 64.6 cm³/mol. The molecule has 0 radical (unpaired) electrons. The molecule has 0 spiro atoms. The summed E-state index contributed by atoms with van der Waals surface area (Å²) in [6, 6.07) is 11.6. The van der Waals surface area contributed by atoms with Crippen molar-refractivity contribution < 1.29 is 14.3 Å². The van der Waals surface area contributed by atoms with Gasteiger partial charge in [-0.2, -0.15) is 0 Å². The van der Waals surface area contributed by atoms with Crippen LogP contribution < -0.4 is 4.74 Å². The Morgan fingerprint density at radius 3 is 2.88 bits per heavy atom. The lowest BCUT2D eigenvalue weighted by Crippen LogP contribution is -2.05. The maximum atomic E-state index is 11.2. The summed E-state index contributed by atoms with van der Waals surface area (Å²) in [6.07, 6.45) is 1.05. The minimum absolute atomic E-state index is 0.195. The van der Waals surface area contributed by atoms with Crippen molar-refractivity contribution >= 4 is 17.1 Å². The van der Waals surface area contributed by atoms with Crippen LogP contribution in [0.1, 0.15) is 10.4 Å². The topological polar surface area (TPSA) is 38.8 Å². The molecule has 3 nitrogen and oxygen atoms in total. The molecule has 0 bridgehead atoms. The van der Waals surface area contributed by atoms with Crippen molar-refractivity contribution in [3.05, 3.63) is 42.0 Å². The van der Waals surface area contributed by atoms with Crippen LogP contribution in [0.4, 0.5) is 0 Å². The van der Waals surface area contributed by atoms with E-state index in [0.717, 1.165) is 23.7 Å². The molecule has 3 heteroatoms. The predicted octanol–water partition coefficient (Wildman–Crippen LogP) is 2.43. The zero-order valence-electron chi connectivity index (χ0n) is 9.26. The number of rotatable bonds is 4. The summed E-state index contributed by atoms with van der Waals surface area (Å²) in [5, 5.41) is 1.97. The second kappa shape index (κ2) is 4.18. The summed E-state index contributed by atoms with van der Waals surface area (Å²) in [6.45, 7) is 1.27. The van der Waals surface area contributed by atoms with E-state index in [0.29, 0.717) is 17.9 Å². The third-order valence-electron chi connectivity index (χ3n) is 2.88. The van der Waals surface area contributed by atoms with Gasteiger partial charge >= 0.3 is 0 Å². The average Bonchev–Trinajstić information content (AvgIpc) is 3.19. The highest BCUT2D eigenvalue weighted by molar-refractivity contribution is 6.00. The van der Waals surface area contributed by atoms with E-state index in [1.165, 1.54) is 0 Å². The van der Waals surface area contributed by atoms with Gasteiger partial charge in [-0.25, -0.2) is 0 Å². The molecule has 0 saturated carbocycles. The molecule has 1 heterocycles. The fraction of sp³-hybridized carbons (Fsp3) is 0.214. The largest absolute Gasteiger partial charge is 0.490 e. The Balaban J connectivity index is 2.01. The van der Waals surface area contributed by atoms with Gasteiger partial charge in [0.1, 0.15) is 18.5 Å². The van der Waals surface area contributed by atoms with E-state index in [2.05, 4.69) is 0 Å². The summed E-state index contributed by atoms with van der Waals surface area (Å²) < 4.78 is 10.7. The van der Waals surface area contributed by atoms with E-state index < -0.39 is 0 Å². The normalized spacial score (nSPS) is 18.0. The van der Waals surface area contributed by atoms with Crippen LogP contribution in [0.25, 0.3) is 10.8 Å². The lowest BCUT2D eigenvalue weighted by Gasteiger charge is -2.09. The van der Waals surface area contributed by atoms with Crippen molar-refractivity contribution in [3.63, 3.8) is 0 Å². The maximum Gasteiger partial charge on any atom is 0.154 e. The lowest BCUT2D eigenvalue weighted by molar-refractivity contribution is 0.112. The van der Waals surface area contributed by atoms with E-state index in [4.69, 9.17) is 9.47 Å². The van der Waals surface area contributed by atoms with Crippen LogP contribution in [0.5, 0.6) is 5.75 Å². The average molecular weight is 228 g/mol. The van der Waals surface area contributed by atoms with Crippen LogP contribution >= 0.6 is 0 Å². The molecule has 17 heavy (non-hydrogen) atoms. The Morgan fingerprint density at radius 1 is 1.29 bits per heavy atom. The van der Waals surface area contributed by atoms with Crippen LogP contribution in [0, 0.1) is 0 Å². The third-order valence-corrected chi connectivity index (χ3v) is 2.88. The second-order valence-electron chi connectivity index (χ2n) is 4.08. The van der Waals surface area contributed by atoms with Crippen LogP contribution in [-0.2, 0) is 4.74 Å². The molecule has 1 atom stereocenters. The molecule has 3 rings (SSSR count). The first kappa shape index (κ1) is 10.3. The number of aldehydes is 1. The number of carbonyl (C=O) groups is 1. The molecule has 2 aromatic rings. The number of hydrogen-bond acceptors (Lipinski definition) is 3. The number of epoxide rings is 1. The van der Waals surface area contributed by atoms with Gasteiger partial charge in [0, 0.05) is 0 Å². The molecular formula is C14H12O3. The first-order chi connectivity index (χ1) is 8.38. The van der Waals surface area contributed by atoms with Crippen LogP contribution in [0.3, 0.4) is 0 Å². The SMILES string of the molecule is O=Cc1c(OC[C@H]2CO2)ccc2ccccc12. The molecule has 0 unspecified atom stereocenters. The van der Waals surface area contributed by atoms with E-state index in [9.17, 15) is 4.79 Å². The zero-order chi connectivity index (χ0) is 11.7. The number of benzene rings is 2. The zero-order valence-corrected chi connectivity index (χ0v) is 9.26. The van der Waals surface area contributed by atoms with Crippen molar-refractivity contribution in [2.75, 3.05) is 13.2 Å². The Morgan fingerprint density at radius 2 is 2.12 bits per heavy atom. The molecular weight excluding hydrogens is 216 g/mol. The molecule has 0 aromatic heterocycles. The summed E-state index contributed by atoms with van der Waals surface area (Å²) in [4.78, 5) is 11.2. The molecule has 1 aliphatic rings. The van der Waals surface area contributed by atoms with Gasteiger partial charge in [-0.05, 0) is 16.8 Å². The number of hydrogen-bond donors (Lipinski definition) is 0. The van der Waals surface area contributed by atoms with Gasteiger partial charge in [0.05, 0.1) is 12.2 Å². The second-order valence-corrected chi connectivity index (χ2v) is 4.08. The standard InChI is InChI=1S/C14H12O3/c15-7-13-12-4-2-1-3-10(12)5-6-14(13)17-9-11-8-16-11/h1-7,11H,8-9H2/t11-/m1/s1. The van der Waals surface area contributed by atoms with E-state index in [1.807, 2.05) is 36.4 Å². The highest BCUT2D eigenvalue weighted by Crippen LogP contribution is 2.27. The lowest BCUT2D eigenvalue weighted by atomic mass is 10.0. The summed E-state index contributed by atoms with van der Waals surface area (Å²) in [7, 11) is 0. The van der Waals surface area contributed by atoms with Crippen molar-refractivity contribution in [1.29, 1.82) is 0 Å². The van der Waals surface area contributed by atoms with Gasteiger partial charge < -0.3 is 9.47 Å². The molecule has 1 fully saturated rings. The van der Waals surface area contributed by atoms with Crippen molar-refractivity contribution in [2.45, 2.75) is 6.10 Å². The molecule has 0 N–H and O–H groups in total. The first-order valence-corrected chi connectivity index (χ1v) is 5.60. The minimum Gasteiger partial charge on any atom is -0.490 e. The van der Waals surface area contributed by atoms with Crippen LogP contribution in [0.2, 0.25) is 0 Å². The van der Waals surface area contributed by atoms with Crippen molar-refractivity contribution in [3.8, 4) is 5.75 Å². The van der Waals surface area contributed by atoms with Crippen molar-refractivity contribution in [2.24, 2.45) is 0 Å². The summed E-state index contributed by atoms with van der Waals surface area (Å²) >= 11 is 0. The van der Waals surface area contributed by atoms with Gasteiger partial charge in [-0.3, -0.25) is 4.79 Å². The highest BCUT2D eigenvalue weighted by atomic mass is 16.6. The van der Waals surface area contributed by atoms with Crippen LogP contribution in [0.15, 0.2) is 36.4 Å². The molecule has 2 aromatic carbocycles. The molecule has 1 saturated heterocycles. The Bertz CT molecular complexity index is 558. The fourth-order valence-corrected chi connectivity index (χ4v) is 1.87. The first-order valence-electron chi connectivity index (χ1n) is 5.60. The summed E-state index contributed by atoms with van der Waals surface area (Å²) in [5.74, 6) is 0.634. The molecule has 0 amide bonds. The Labute approximate surface area is 99.0 Å². The Hall–Kier alpha value is -1.87. The highest BCUT2D eigenvalue weighted by Gasteiger charge is 2.23. The van der Waals surface area contributed by atoms with Crippen LogP contribution in [-0.4, -0.2) is 25.6 Å². The smallest absolute Gasteiger partial charge is 0.154 e. The molecule has 0 aliphatic carbocycles.